The second kappa shape index (κ2) is 29.7. The molecule has 0 atom stereocenters. The molecule has 0 unspecified atom stereocenters. The van der Waals surface area contributed by atoms with Crippen molar-refractivity contribution in [1.82, 2.24) is 0 Å². The van der Waals surface area contributed by atoms with Gasteiger partial charge >= 0.3 is 16.5 Å². The average Bonchev–Trinajstić information content (AvgIpc) is 3.44. The SMILES string of the molecule is CCCCCc1cc(CCCC)cc(C2=CC(CCCC)=C(c3cc(CCCC)cc(CCCCC)c3)[N+]2=[N-])c1.[CH2-]CCC.[CH2-]CCC.[Ni+2]. The monoisotopic (exact) mass is 713 g/mol. The van der Waals surface area contributed by atoms with E-state index in [9.17, 15) is 5.53 Å². The number of aryl methyl sites for hydroxylation is 4. The van der Waals surface area contributed by atoms with Crippen LogP contribution in [-0.2, 0) is 42.2 Å². The van der Waals surface area contributed by atoms with E-state index in [2.05, 4.69) is 105 Å². The third-order valence-electron chi connectivity index (χ3n) is 9.01. The number of hydrogen-bond donors (Lipinski definition) is 0. The average molecular weight is 714 g/mol. The summed E-state index contributed by atoms with van der Waals surface area (Å²) in [6.45, 7) is 22.8. The summed E-state index contributed by atoms with van der Waals surface area (Å²) in [7, 11) is 0. The van der Waals surface area contributed by atoms with Gasteiger partial charge in [0, 0.05) is 22.8 Å². The summed E-state index contributed by atoms with van der Waals surface area (Å²) in [5.74, 6) is 0. The predicted molar refractivity (Wildman–Crippen MR) is 215 cm³/mol. The van der Waals surface area contributed by atoms with Gasteiger partial charge in [0.1, 0.15) is 0 Å². The van der Waals surface area contributed by atoms with Crippen molar-refractivity contribution in [1.29, 1.82) is 0 Å². The van der Waals surface area contributed by atoms with Gasteiger partial charge in [0.05, 0.1) is 0 Å². The standard InChI is InChI=1S/C38H56N2.2C4H9.Ni/c1-6-11-16-20-32-23-30(18-13-8-3)25-35(26-32)37-29-34(22-15-10-5)38(40(37)39)36-27-31(19-14-9-4)24-33(28-36)21-17-12-7-2;2*1-3-4-2;/h23-29H,6-22H2,1-5H3;2*1,3-4H2,2H3;/q;2*-1;+2. The van der Waals surface area contributed by atoms with Crippen molar-refractivity contribution in [3.05, 3.63) is 101 Å². The minimum Gasteiger partial charge on any atom is -0.493 e. The van der Waals surface area contributed by atoms with E-state index in [0.717, 1.165) is 74.7 Å². The molecule has 3 heteroatoms. The van der Waals surface area contributed by atoms with Crippen molar-refractivity contribution in [3.8, 4) is 0 Å². The first-order chi connectivity index (χ1) is 23.4. The molecule has 49 heavy (non-hydrogen) atoms. The first-order valence-electron chi connectivity index (χ1n) is 20.2. The second-order valence-electron chi connectivity index (χ2n) is 13.7. The summed E-state index contributed by atoms with van der Waals surface area (Å²) in [5, 5.41) is 0. The van der Waals surface area contributed by atoms with Gasteiger partial charge in [-0.25, -0.2) is 4.70 Å². The molecule has 278 valence electrons. The zero-order valence-electron chi connectivity index (χ0n) is 33.0. The first-order valence-corrected chi connectivity index (χ1v) is 20.2. The number of unbranched alkanes of at least 4 members (excludes halogenated alkanes) is 9. The Hall–Kier alpha value is -1.99. The van der Waals surface area contributed by atoms with Crippen molar-refractivity contribution < 1.29 is 21.2 Å². The van der Waals surface area contributed by atoms with E-state index in [-0.39, 0.29) is 16.5 Å². The van der Waals surface area contributed by atoms with Gasteiger partial charge in [-0.3, -0.25) is 0 Å². The minimum atomic E-state index is 0. The zero-order chi connectivity index (χ0) is 35.6. The Labute approximate surface area is 315 Å². The third-order valence-corrected chi connectivity index (χ3v) is 9.01. The molecule has 1 heterocycles. The number of hydrogen-bond acceptors (Lipinski definition) is 0. The molecule has 0 aromatic heterocycles. The van der Waals surface area contributed by atoms with E-state index in [0.29, 0.717) is 0 Å². The largest absolute Gasteiger partial charge is 2.00 e. The third kappa shape index (κ3) is 18.2. The van der Waals surface area contributed by atoms with Crippen LogP contribution in [0.25, 0.3) is 16.9 Å². The molecule has 1 aliphatic heterocycles. The molecule has 0 amide bonds. The quantitative estimate of drug-likeness (QED) is 0.0533. The van der Waals surface area contributed by atoms with Gasteiger partial charge < -0.3 is 19.4 Å². The Bertz CT molecular complexity index is 1210. The summed E-state index contributed by atoms with van der Waals surface area (Å²) in [4.78, 5) is 0. The van der Waals surface area contributed by atoms with Crippen molar-refractivity contribution in [3.63, 3.8) is 0 Å². The maximum absolute atomic E-state index is 11.9. The number of allylic oxidation sites excluding steroid dienone is 2. The van der Waals surface area contributed by atoms with Crippen molar-refractivity contribution in [2.45, 2.75) is 183 Å². The smallest absolute Gasteiger partial charge is 0.493 e. The zero-order valence-corrected chi connectivity index (χ0v) is 34.0. The van der Waals surface area contributed by atoms with Crippen LogP contribution in [0.15, 0.2) is 48.0 Å². The summed E-state index contributed by atoms with van der Waals surface area (Å²) >= 11 is 0. The van der Waals surface area contributed by atoms with Crippen LogP contribution in [0, 0.1) is 13.8 Å². The van der Waals surface area contributed by atoms with Crippen molar-refractivity contribution in [2.24, 2.45) is 0 Å². The molecule has 2 aromatic carbocycles. The van der Waals surface area contributed by atoms with Gasteiger partial charge in [0.15, 0.2) is 0 Å². The summed E-state index contributed by atoms with van der Waals surface area (Å²) < 4.78 is 1.54. The molecule has 2 nitrogen and oxygen atoms in total. The van der Waals surface area contributed by atoms with E-state index in [4.69, 9.17) is 0 Å². The molecule has 0 saturated carbocycles. The fourth-order valence-corrected chi connectivity index (χ4v) is 5.93. The van der Waals surface area contributed by atoms with Gasteiger partial charge in [0.25, 0.3) is 0 Å². The minimum absolute atomic E-state index is 0. The molecular formula is C46H74N2Ni. The summed E-state index contributed by atoms with van der Waals surface area (Å²) in [6.07, 6.45) is 26.9. The van der Waals surface area contributed by atoms with E-state index < -0.39 is 0 Å². The molecule has 0 bridgehead atoms. The maximum Gasteiger partial charge on any atom is 2.00 e. The number of nitrogens with zero attached hydrogens (tertiary/aromatic N) is 2. The van der Waals surface area contributed by atoms with E-state index in [1.165, 1.54) is 115 Å². The maximum atomic E-state index is 11.9. The number of rotatable bonds is 21. The van der Waals surface area contributed by atoms with E-state index in [1.807, 2.05) is 0 Å². The van der Waals surface area contributed by atoms with Gasteiger partial charge in [-0.05, 0) is 111 Å². The summed E-state index contributed by atoms with van der Waals surface area (Å²) in [6, 6.07) is 14.2. The fourth-order valence-electron chi connectivity index (χ4n) is 5.93. The second-order valence-corrected chi connectivity index (χ2v) is 13.7. The molecule has 0 N–H and O–H groups in total. The van der Waals surface area contributed by atoms with Crippen LogP contribution in [-0.4, -0.2) is 4.70 Å². The molecule has 0 spiro atoms. The molecule has 0 aliphatic carbocycles. The topological polar surface area (TPSA) is 25.3 Å². The van der Waals surface area contributed by atoms with E-state index >= 15 is 0 Å². The van der Waals surface area contributed by atoms with Crippen molar-refractivity contribution >= 4 is 11.4 Å². The Morgan fingerprint density at radius 3 is 1.18 bits per heavy atom. The summed E-state index contributed by atoms with van der Waals surface area (Å²) in [5.41, 5.74) is 23.1. The van der Waals surface area contributed by atoms with E-state index in [1.54, 1.807) is 0 Å². The Balaban J connectivity index is 0.00000230. The normalized spacial score (nSPS) is 12.2. The van der Waals surface area contributed by atoms with Crippen LogP contribution in [0.2, 0.25) is 0 Å². The van der Waals surface area contributed by atoms with Crippen LogP contribution < -0.4 is 0 Å². The molecular weight excluding hydrogens is 639 g/mol. The van der Waals surface area contributed by atoms with Crippen LogP contribution in [0.1, 0.15) is 191 Å². The predicted octanol–water partition coefficient (Wildman–Crippen LogP) is 15.1. The molecule has 0 fully saturated rings. The van der Waals surface area contributed by atoms with Crippen LogP contribution in [0.5, 0.6) is 0 Å². The van der Waals surface area contributed by atoms with Crippen LogP contribution in [0.3, 0.4) is 0 Å². The van der Waals surface area contributed by atoms with Gasteiger partial charge in [0.2, 0.25) is 11.4 Å². The first kappa shape index (κ1) is 47.0. The molecule has 0 radical (unpaired) electrons. The van der Waals surface area contributed by atoms with Crippen LogP contribution in [0.4, 0.5) is 0 Å². The molecule has 1 aliphatic rings. The molecule has 2 aromatic rings. The number of benzene rings is 2. The van der Waals surface area contributed by atoms with Crippen molar-refractivity contribution in [2.75, 3.05) is 0 Å². The van der Waals surface area contributed by atoms with Gasteiger partial charge in [-0.2, -0.15) is 12.8 Å². The van der Waals surface area contributed by atoms with Gasteiger partial charge in [-0.15, -0.1) is 0 Å². The Morgan fingerprint density at radius 2 is 0.816 bits per heavy atom. The Kier molecular flexibility index (Phi) is 28.5. The molecule has 0 saturated heterocycles. The molecule has 3 rings (SSSR count). The fraction of sp³-hybridized carbons (Fsp3) is 0.609. The Morgan fingerprint density at radius 1 is 0.469 bits per heavy atom. The van der Waals surface area contributed by atoms with Crippen LogP contribution >= 0.6 is 0 Å². The van der Waals surface area contributed by atoms with Gasteiger partial charge in [-0.1, -0.05) is 118 Å².